The van der Waals surface area contributed by atoms with Crippen molar-refractivity contribution in [3.63, 3.8) is 0 Å². The molecule has 0 aliphatic heterocycles. The molecule has 0 N–H and O–H groups in total. The summed E-state index contributed by atoms with van der Waals surface area (Å²) in [5, 5.41) is 9.69. The summed E-state index contributed by atoms with van der Waals surface area (Å²) in [7, 11) is 0. The van der Waals surface area contributed by atoms with Gasteiger partial charge in [-0.2, -0.15) is 0 Å². The molecule has 0 saturated carbocycles. The lowest BCUT2D eigenvalue weighted by Gasteiger charge is -2.30. The van der Waals surface area contributed by atoms with Gasteiger partial charge >= 0.3 is 0 Å². The summed E-state index contributed by atoms with van der Waals surface area (Å²) in [6.07, 6.45) is 0. The van der Waals surface area contributed by atoms with E-state index in [4.69, 9.17) is 4.42 Å². The van der Waals surface area contributed by atoms with Crippen LogP contribution in [0.2, 0.25) is 0 Å². The van der Waals surface area contributed by atoms with Crippen LogP contribution in [-0.4, -0.2) is 0 Å². The van der Waals surface area contributed by atoms with Crippen molar-refractivity contribution < 1.29 is 4.42 Å². The summed E-state index contributed by atoms with van der Waals surface area (Å²) in [6.45, 7) is 0. The van der Waals surface area contributed by atoms with Crippen LogP contribution in [0.5, 0.6) is 0 Å². The molecule has 13 rings (SSSR count). The Bertz CT molecular complexity index is 3950. The molecule has 0 spiro atoms. The number of hydrogen-bond donors (Lipinski definition) is 0. The maximum absolute atomic E-state index is 6.37. The van der Waals surface area contributed by atoms with Crippen molar-refractivity contribution in [1.29, 1.82) is 0 Å². The molecule has 0 radical (unpaired) electrons. The Kier molecular flexibility index (Phi) is 9.03. The highest BCUT2D eigenvalue weighted by Crippen LogP contribution is 2.46. The van der Waals surface area contributed by atoms with Crippen molar-refractivity contribution in [3.05, 3.63) is 243 Å². The van der Waals surface area contributed by atoms with Gasteiger partial charge in [0.25, 0.3) is 0 Å². The molecule has 0 unspecified atom stereocenters. The highest BCUT2D eigenvalue weighted by atomic mass is 32.1. The molecule has 13 aromatic rings. The third-order valence-corrected chi connectivity index (χ3v) is 14.1. The van der Waals surface area contributed by atoms with Gasteiger partial charge in [0.1, 0.15) is 11.2 Å². The Morgan fingerprint density at radius 2 is 0.803 bits per heavy atom. The number of para-hydroxylation sites is 2. The van der Waals surface area contributed by atoms with Gasteiger partial charge in [-0.25, -0.2) is 0 Å². The molecular weight excluding hydrogens is 821 g/mol. The predicted octanol–water partition coefficient (Wildman–Crippen LogP) is 18.5. The van der Waals surface area contributed by atoms with E-state index >= 15 is 0 Å². The van der Waals surface area contributed by atoms with Crippen molar-refractivity contribution in [3.8, 4) is 22.3 Å². The normalized spacial score (nSPS) is 11.6. The van der Waals surface area contributed by atoms with Crippen LogP contribution in [0.1, 0.15) is 0 Å². The maximum atomic E-state index is 6.37. The van der Waals surface area contributed by atoms with Crippen molar-refractivity contribution in [2.75, 3.05) is 9.80 Å². The number of benzene rings is 11. The van der Waals surface area contributed by atoms with E-state index in [1.165, 1.54) is 52.8 Å². The van der Waals surface area contributed by atoms with E-state index in [-0.39, 0.29) is 0 Å². The molecule has 0 aliphatic carbocycles. The fraction of sp³-hybridized carbons (Fsp3) is 0. The number of thiophene rings is 1. The first-order valence-corrected chi connectivity index (χ1v) is 23.2. The van der Waals surface area contributed by atoms with Gasteiger partial charge in [-0.05, 0) is 141 Å². The maximum Gasteiger partial charge on any atom is 0.135 e. The number of furan rings is 1. The number of rotatable bonds is 8. The SMILES string of the molecule is c1ccc(-c2ccc(N(c3cc(-c4ccc5c(c4)sc4cc6ccccc6cc45)cc(N(c4ccccc4)c4ccc5ccccc5c4)c3)c3ccc4oc5ccccc5c4c3)cc2)cc1. The second kappa shape index (κ2) is 15.7. The van der Waals surface area contributed by atoms with E-state index in [0.717, 1.165) is 67.2 Å². The second-order valence-electron chi connectivity index (χ2n) is 17.0. The molecular formula is C62H40N2OS. The molecule has 0 atom stereocenters. The van der Waals surface area contributed by atoms with Gasteiger partial charge in [-0.3, -0.25) is 0 Å². The highest BCUT2D eigenvalue weighted by molar-refractivity contribution is 7.25. The van der Waals surface area contributed by atoms with Crippen molar-refractivity contribution >= 4 is 109 Å². The number of nitrogens with zero attached hydrogens (tertiary/aromatic N) is 2. The minimum absolute atomic E-state index is 0.866. The molecule has 0 amide bonds. The molecule has 4 heteroatoms. The van der Waals surface area contributed by atoms with Crippen molar-refractivity contribution in [2.24, 2.45) is 0 Å². The van der Waals surface area contributed by atoms with Crippen molar-refractivity contribution in [2.45, 2.75) is 0 Å². The smallest absolute Gasteiger partial charge is 0.135 e. The third-order valence-electron chi connectivity index (χ3n) is 12.9. The molecule has 11 aromatic carbocycles. The number of anilines is 6. The van der Waals surface area contributed by atoms with E-state index in [1.807, 2.05) is 23.5 Å². The molecule has 0 aliphatic rings. The Balaban J connectivity index is 1.06. The van der Waals surface area contributed by atoms with Crippen LogP contribution in [0.15, 0.2) is 247 Å². The Morgan fingerprint density at radius 3 is 1.58 bits per heavy atom. The van der Waals surface area contributed by atoms with E-state index in [2.05, 4.69) is 240 Å². The standard InChI is InChI=1S/C62H40N2OS/c1-3-13-41(14-4-1)43-23-27-50(28-24-43)64(52-30-32-60-57(40-52)55-21-11-12-22-59(55)65-60)54-35-48(47-26-31-56-58-36-45-17-9-10-18-46(45)37-62(58)66-61(56)38-47)34-53(39-54)63(49-19-5-2-6-20-49)51-29-25-42-15-7-8-16-44(42)33-51/h1-40H. The first-order valence-electron chi connectivity index (χ1n) is 22.4. The number of fused-ring (bicyclic) bond motifs is 8. The van der Waals surface area contributed by atoms with Gasteiger partial charge in [0.05, 0.1) is 0 Å². The fourth-order valence-corrected chi connectivity index (χ4v) is 10.9. The molecule has 0 fully saturated rings. The van der Waals surface area contributed by atoms with Gasteiger partial charge in [-0.1, -0.05) is 146 Å². The largest absolute Gasteiger partial charge is 0.456 e. The lowest BCUT2D eigenvalue weighted by molar-refractivity contribution is 0.669. The zero-order chi connectivity index (χ0) is 43.6. The van der Waals surface area contributed by atoms with Crippen LogP contribution in [0, 0.1) is 0 Å². The summed E-state index contributed by atoms with van der Waals surface area (Å²) in [4.78, 5) is 4.79. The Morgan fingerprint density at radius 1 is 0.258 bits per heavy atom. The molecule has 3 nitrogen and oxygen atoms in total. The van der Waals surface area contributed by atoms with Crippen LogP contribution in [0.3, 0.4) is 0 Å². The van der Waals surface area contributed by atoms with E-state index in [9.17, 15) is 0 Å². The van der Waals surface area contributed by atoms with Gasteiger partial charge in [0.15, 0.2) is 0 Å². The average Bonchev–Trinajstić information content (AvgIpc) is 3.93. The zero-order valence-electron chi connectivity index (χ0n) is 35.8. The van der Waals surface area contributed by atoms with Gasteiger partial charge < -0.3 is 14.2 Å². The predicted molar refractivity (Wildman–Crippen MR) is 282 cm³/mol. The lowest BCUT2D eigenvalue weighted by Crippen LogP contribution is -2.13. The zero-order valence-corrected chi connectivity index (χ0v) is 36.6. The van der Waals surface area contributed by atoms with E-state index in [1.54, 1.807) is 0 Å². The minimum Gasteiger partial charge on any atom is -0.456 e. The molecule has 310 valence electrons. The van der Waals surface area contributed by atoms with Gasteiger partial charge in [0.2, 0.25) is 0 Å². The van der Waals surface area contributed by atoms with Crippen LogP contribution in [0.25, 0.3) is 85.9 Å². The topological polar surface area (TPSA) is 19.6 Å². The quantitative estimate of drug-likeness (QED) is 0.152. The molecule has 2 heterocycles. The minimum atomic E-state index is 0.866. The average molecular weight is 861 g/mol. The monoisotopic (exact) mass is 860 g/mol. The fourth-order valence-electron chi connectivity index (χ4n) is 9.74. The molecule has 0 saturated heterocycles. The highest BCUT2D eigenvalue weighted by Gasteiger charge is 2.22. The molecule has 2 aromatic heterocycles. The second-order valence-corrected chi connectivity index (χ2v) is 18.1. The summed E-state index contributed by atoms with van der Waals surface area (Å²) >= 11 is 1.87. The number of hydrogen-bond acceptors (Lipinski definition) is 4. The Hall–Kier alpha value is -8.44. The van der Waals surface area contributed by atoms with Crippen LogP contribution < -0.4 is 9.80 Å². The van der Waals surface area contributed by atoms with Crippen LogP contribution in [-0.2, 0) is 0 Å². The van der Waals surface area contributed by atoms with Crippen molar-refractivity contribution in [1.82, 2.24) is 0 Å². The summed E-state index contributed by atoms with van der Waals surface area (Å²) in [6, 6.07) is 88.0. The summed E-state index contributed by atoms with van der Waals surface area (Å²) in [5.41, 5.74) is 12.7. The van der Waals surface area contributed by atoms with Gasteiger partial charge in [0, 0.05) is 65.1 Å². The van der Waals surface area contributed by atoms with Crippen LogP contribution >= 0.6 is 11.3 Å². The first kappa shape index (κ1) is 38.1. The summed E-state index contributed by atoms with van der Waals surface area (Å²) < 4.78 is 8.94. The van der Waals surface area contributed by atoms with E-state index < -0.39 is 0 Å². The molecule has 0 bridgehead atoms. The first-order chi connectivity index (χ1) is 32.7. The molecule has 66 heavy (non-hydrogen) atoms. The Labute approximate surface area is 386 Å². The third kappa shape index (κ3) is 6.66. The van der Waals surface area contributed by atoms with Crippen LogP contribution in [0.4, 0.5) is 34.1 Å². The summed E-state index contributed by atoms with van der Waals surface area (Å²) in [5.74, 6) is 0. The van der Waals surface area contributed by atoms with E-state index in [0.29, 0.717) is 0 Å². The lowest BCUT2D eigenvalue weighted by atomic mass is 9.99. The van der Waals surface area contributed by atoms with Gasteiger partial charge in [-0.15, -0.1) is 11.3 Å².